The Hall–Kier alpha value is -0.460. The van der Waals surface area contributed by atoms with Gasteiger partial charge in [-0.1, -0.05) is 103 Å². The van der Waals surface area contributed by atoms with E-state index in [0.29, 0.717) is 6.42 Å². The molecule has 0 aliphatic heterocycles. The molecule has 0 fully saturated rings. The molecule has 32 heavy (non-hydrogen) atoms. The molecule has 0 amide bonds. The molecule has 192 valence electrons. The Labute approximate surface area is 196 Å². The summed E-state index contributed by atoms with van der Waals surface area (Å²) in [5.41, 5.74) is -1.23. The number of carbonyl (C=O) groups is 1. The smallest absolute Gasteiger partial charge is 0.436 e. The number of methoxy groups -OCH3 is 2. The standard InChI is InChI=1S/C24H49O7P/c1-5-6-7-8-9-10-11-12-13-14-15-16-17-18-19-20-21-30-23(25)32(26,27)31-22-24(2,28-3)29-4/h5-22H2,1-4H3,(H,26,27). The number of hydrogen-bond donors (Lipinski definition) is 1. The van der Waals surface area contributed by atoms with Crippen LogP contribution in [0.2, 0.25) is 0 Å². The van der Waals surface area contributed by atoms with E-state index in [4.69, 9.17) is 18.7 Å². The highest BCUT2D eigenvalue weighted by Gasteiger charge is 2.36. The van der Waals surface area contributed by atoms with Crippen molar-refractivity contribution in [1.82, 2.24) is 0 Å². The molecule has 0 aromatic carbocycles. The van der Waals surface area contributed by atoms with Gasteiger partial charge in [0.1, 0.15) is 6.61 Å². The third-order valence-corrected chi connectivity index (χ3v) is 6.89. The lowest BCUT2D eigenvalue weighted by atomic mass is 10.0. The van der Waals surface area contributed by atoms with Crippen LogP contribution in [0.25, 0.3) is 0 Å². The van der Waals surface area contributed by atoms with Gasteiger partial charge in [-0.05, 0) is 13.3 Å². The van der Waals surface area contributed by atoms with Crippen LogP contribution >= 0.6 is 7.60 Å². The largest absolute Gasteiger partial charge is 0.457 e. The van der Waals surface area contributed by atoms with E-state index < -0.39 is 19.1 Å². The van der Waals surface area contributed by atoms with Crippen LogP contribution in [0, 0.1) is 0 Å². The summed E-state index contributed by atoms with van der Waals surface area (Å²) >= 11 is 0. The molecule has 0 saturated carbocycles. The zero-order valence-electron chi connectivity index (χ0n) is 21.1. The van der Waals surface area contributed by atoms with Crippen molar-refractivity contribution in [3.05, 3.63) is 0 Å². The highest BCUT2D eigenvalue weighted by Crippen LogP contribution is 2.45. The summed E-state index contributed by atoms with van der Waals surface area (Å²) in [6.45, 7) is 3.56. The molecule has 0 bridgehead atoms. The third-order valence-electron chi connectivity index (χ3n) is 5.82. The summed E-state index contributed by atoms with van der Waals surface area (Å²) in [4.78, 5) is 21.5. The van der Waals surface area contributed by atoms with Gasteiger partial charge in [0.25, 0.3) is 0 Å². The lowest BCUT2D eigenvalue weighted by molar-refractivity contribution is -0.209. The lowest BCUT2D eigenvalue weighted by Crippen LogP contribution is -2.35. The third kappa shape index (κ3) is 17.1. The molecule has 0 rings (SSSR count). The van der Waals surface area contributed by atoms with Crippen molar-refractivity contribution in [2.75, 3.05) is 27.4 Å². The van der Waals surface area contributed by atoms with E-state index in [1.165, 1.54) is 105 Å². The summed E-state index contributed by atoms with van der Waals surface area (Å²) in [5.74, 6) is -1.20. The highest BCUT2D eigenvalue weighted by molar-refractivity contribution is 7.70. The Balaban J connectivity index is 3.52. The summed E-state index contributed by atoms with van der Waals surface area (Å²) in [7, 11) is -1.76. The van der Waals surface area contributed by atoms with E-state index in [0.717, 1.165) is 12.8 Å². The van der Waals surface area contributed by atoms with Crippen molar-refractivity contribution >= 4 is 13.3 Å². The number of hydrogen-bond acceptors (Lipinski definition) is 6. The summed E-state index contributed by atoms with van der Waals surface area (Å²) < 4.78 is 31.7. The molecule has 8 heteroatoms. The molecule has 1 N–H and O–H groups in total. The van der Waals surface area contributed by atoms with Crippen molar-refractivity contribution < 1.29 is 33.0 Å². The first kappa shape index (κ1) is 31.5. The second-order valence-corrected chi connectivity index (χ2v) is 10.4. The summed E-state index contributed by atoms with van der Waals surface area (Å²) in [6, 6.07) is 0. The predicted octanol–water partition coefficient (Wildman–Crippen LogP) is 7.60. The van der Waals surface area contributed by atoms with Gasteiger partial charge in [0.2, 0.25) is 0 Å². The fourth-order valence-electron chi connectivity index (χ4n) is 3.35. The van der Waals surface area contributed by atoms with E-state index in [-0.39, 0.29) is 13.2 Å². The second-order valence-electron chi connectivity index (χ2n) is 8.75. The van der Waals surface area contributed by atoms with Crippen LogP contribution < -0.4 is 0 Å². The molecule has 0 aliphatic carbocycles. The maximum atomic E-state index is 11.9. The fraction of sp³-hybridized carbons (Fsp3) is 0.958. The molecule has 0 aliphatic rings. The van der Waals surface area contributed by atoms with Gasteiger partial charge in [0, 0.05) is 14.2 Å². The van der Waals surface area contributed by atoms with Gasteiger partial charge >= 0.3 is 13.3 Å². The number of rotatable bonds is 23. The second kappa shape index (κ2) is 20.0. The Morgan fingerprint density at radius 3 is 1.50 bits per heavy atom. The van der Waals surface area contributed by atoms with Gasteiger partial charge in [-0.25, -0.2) is 9.36 Å². The summed E-state index contributed by atoms with van der Waals surface area (Å²) in [5, 5.41) is 0. The zero-order valence-corrected chi connectivity index (χ0v) is 22.0. The molecule has 0 spiro atoms. The van der Waals surface area contributed by atoms with Crippen LogP contribution in [-0.4, -0.2) is 43.8 Å². The minimum Gasteiger partial charge on any atom is -0.457 e. The van der Waals surface area contributed by atoms with Crippen LogP contribution in [0.4, 0.5) is 4.79 Å². The Morgan fingerprint density at radius 1 is 0.750 bits per heavy atom. The van der Waals surface area contributed by atoms with Gasteiger partial charge in [0.15, 0.2) is 5.79 Å². The normalized spacial score (nSPS) is 13.8. The minimum atomic E-state index is -4.52. The quantitative estimate of drug-likeness (QED) is 0.0914. The Bertz CT molecular complexity index is 495. The van der Waals surface area contributed by atoms with Crippen molar-refractivity contribution in [3.8, 4) is 0 Å². The maximum Gasteiger partial charge on any atom is 0.436 e. The van der Waals surface area contributed by atoms with E-state index >= 15 is 0 Å². The Kier molecular flexibility index (Phi) is 19.7. The molecular weight excluding hydrogens is 431 g/mol. The van der Waals surface area contributed by atoms with Gasteiger partial charge in [-0.3, -0.25) is 4.52 Å². The SMILES string of the molecule is CCCCCCCCCCCCCCCCCCOC(=O)P(=O)(O)OCC(C)(OC)OC. The first-order valence-corrected chi connectivity index (χ1v) is 14.1. The molecule has 0 saturated heterocycles. The Morgan fingerprint density at radius 2 is 1.12 bits per heavy atom. The van der Waals surface area contributed by atoms with Crippen LogP contribution in [0.3, 0.4) is 0 Å². The van der Waals surface area contributed by atoms with Crippen LogP contribution in [0.15, 0.2) is 0 Å². The minimum absolute atomic E-state index is 0.122. The van der Waals surface area contributed by atoms with E-state index in [2.05, 4.69) is 6.92 Å². The number of carbonyl (C=O) groups excluding carboxylic acids is 1. The van der Waals surface area contributed by atoms with Crippen molar-refractivity contribution in [3.63, 3.8) is 0 Å². The molecule has 7 nitrogen and oxygen atoms in total. The van der Waals surface area contributed by atoms with Crippen LogP contribution in [0.5, 0.6) is 0 Å². The molecule has 0 radical (unpaired) electrons. The predicted molar refractivity (Wildman–Crippen MR) is 129 cm³/mol. The fourth-order valence-corrected chi connectivity index (χ4v) is 4.12. The van der Waals surface area contributed by atoms with Crippen LogP contribution in [0.1, 0.15) is 117 Å². The van der Waals surface area contributed by atoms with E-state index in [1.54, 1.807) is 0 Å². The average molecular weight is 481 g/mol. The lowest BCUT2D eigenvalue weighted by Gasteiger charge is -2.26. The molecule has 1 unspecified atom stereocenters. The number of unbranched alkanes of at least 4 members (excludes halogenated alkanes) is 15. The van der Waals surface area contributed by atoms with Gasteiger partial charge in [0.05, 0.1) is 6.61 Å². The van der Waals surface area contributed by atoms with Gasteiger partial charge < -0.3 is 19.1 Å². The monoisotopic (exact) mass is 480 g/mol. The molecular formula is C24H49O7P. The summed E-state index contributed by atoms with van der Waals surface area (Å²) in [6.07, 6.45) is 20.2. The van der Waals surface area contributed by atoms with Crippen molar-refractivity contribution in [2.24, 2.45) is 0 Å². The molecule has 0 heterocycles. The molecule has 1 atom stereocenters. The molecule has 0 aromatic rings. The van der Waals surface area contributed by atoms with Crippen LogP contribution in [-0.2, 0) is 23.3 Å². The van der Waals surface area contributed by atoms with Gasteiger partial charge in [-0.2, -0.15) is 0 Å². The van der Waals surface area contributed by atoms with Crippen molar-refractivity contribution in [2.45, 2.75) is 122 Å². The van der Waals surface area contributed by atoms with Crippen molar-refractivity contribution in [1.29, 1.82) is 0 Å². The first-order chi connectivity index (χ1) is 15.3. The topological polar surface area (TPSA) is 91.3 Å². The number of ether oxygens (including phenoxy) is 3. The average Bonchev–Trinajstić information content (AvgIpc) is 2.79. The van der Waals surface area contributed by atoms with E-state index in [9.17, 15) is 14.3 Å². The van der Waals surface area contributed by atoms with Gasteiger partial charge in [-0.15, -0.1) is 0 Å². The van der Waals surface area contributed by atoms with E-state index in [1.807, 2.05) is 0 Å². The first-order valence-electron chi connectivity index (χ1n) is 12.6. The molecule has 0 aromatic heterocycles. The highest BCUT2D eigenvalue weighted by atomic mass is 31.2. The zero-order chi connectivity index (χ0) is 24.1. The maximum absolute atomic E-state index is 11.9.